The molecule has 0 bridgehead atoms. The number of furan rings is 1. The van der Waals surface area contributed by atoms with E-state index in [1.54, 1.807) is 11.3 Å². The third-order valence-corrected chi connectivity index (χ3v) is 9.78. The summed E-state index contributed by atoms with van der Waals surface area (Å²) in [6.45, 7) is 0. The van der Waals surface area contributed by atoms with Gasteiger partial charge in [-0.15, -0.1) is 11.3 Å². The van der Waals surface area contributed by atoms with Gasteiger partial charge in [0.1, 0.15) is 16.2 Å². The van der Waals surface area contributed by atoms with Gasteiger partial charge in [-0.3, -0.25) is 0 Å². The summed E-state index contributed by atoms with van der Waals surface area (Å²) < 4.78 is 7.58. The van der Waals surface area contributed by atoms with E-state index < -0.39 is 0 Å². The lowest BCUT2D eigenvalue weighted by Gasteiger charge is -2.26. The van der Waals surface area contributed by atoms with Crippen molar-refractivity contribution in [3.05, 3.63) is 170 Å². The summed E-state index contributed by atoms with van der Waals surface area (Å²) in [5, 5.41) is 3.26. The van der Waals surface area contributed by atoms with E-state index in [1.807, 2.05) is 6.07 Å². The van der Waals surface area contributed by atoms with Gasteiger partial charge in [-0.1, -0.05) is 109 Å². The Morgan fingerprint density at radius 3 is 1.60 bits per heavy atom. The molecule has 0 N–H and O–H groups in total. The molecule has 0 fully saturated rings. The van der Waals surface area contributed by atoms with Crippen molar-refractivity contribution < 1.29 is 4.42 Å². The van der Waals surface area contributed by atoms with E-state index in [4.69, 9.17) is 9.40 Å². The highest BCUT2D eigenvalue weighted by Crippen LogP contribution is 2.39. The first-order valence-electron chi connectivity index (χ1n) is 15.7. The largest absolute Gasteiger partial charge is 0.456 e. The van der Waals surface area contributed by atoms with E-state index in [2.05, 4.69) is 169 Å². The monoisotopic (exact) mass is 620 g/mol. The molecular formula is C43H28N2OS. The number of para-hydroxylation sites is 1. The quantitative estimate of drug-likeness (QED) is 0.185. The van der Waals surface area contributed by atoms with Crippen molar-refractivity contribution in [3.63, 3.8) is 0 Å². The Kier molecular flexibility index (Phi) is 6.65. The molecular weight excluding hydrogens is 593 g/mol. The normalized spacial score (nSPS) is 11.4. The number of rotatable bonds is 6. The van der Waals surface area contributed by atoms with Crippen LogP contribution in [0.4, 0.5) is 17.1 Å². The number of hydrogen-bond donors (Lipinski definition) is 0. The highest BCUT2D eigenvalue weighted by molar-refractivity contribution is 7.21. The van der Waals surface area contributed by atoms with Crippen LogP contribution >= 0.6 is 11.3 Å². The molecule has 2 heterocycles. The SMILES string of the molecule is c1ccc(-c2ccc(N(c3ccccc3)c3ccc(-c4ccc5c(c4)oc4cc6nc(-c7ccccc7)sc6cc45)cc3)cc2)cc1. The minimum atomic E-state index is 0.863. The second kappa shape index (κ2) is 11.4. The molecule has 9 aromatic rings. The number of anilines is 3. The third-order valence-electron chi connectivity index (χ3n) is 8.71. The summed E-state index contributed by atoms with van der Waals surface area (Å²) in [7, 11) is 0. The molecule has 7 aromatic carbocycles. The lowest BCUT2D eigenvalue weighted by Crippen LogP contribution is -2.09. The predicted molar refractivity (Wildman–Crippen MR) is 198 cm³/mol. The van der Waals surface area contributed by atoms with Crippen molar-refractivity contribution in [2.45, 2.75) is 0 Å². The molecule has 47 heavy (non-hydrogen) atoms. The van der Waals surface area contributed by atoms with Gasteiger partial charge in [0.25, 0.3) is 0 Å². The number of nitrogens with zero attached hydrogens (tertiary/aromatic N) is 2. The molecule has 0 saturated carbocycles. The highest BCUT2D eigenvalue weighted by Gasteiger charge is 2.15. The van der Waals surface area contributed by atoms with Crippen LogP contribution in [0.3, 0.4) is 0 Å². The first kappa shape index (κ1) is 27.3. The standard InChI is InChI=1S/C43H28N2OS/c1-4-10-29(11-5-1)30-16-21-35(22-17-30)45(34-14-8-3-9-15-34)36-23-18-31(19-24-36)33-20-25-37-38-27-42-39(28-41(38)46-40(37)26-33)44-43(47-42)32-12-6-2-7-13-32/h1-28H. The molecule has 222 valence electrons. The summed E-state index contributed by atoms with van der Waals surface area (Å²) in [6.07, 6.45) is 0. The molecule has 0 radical (unpaired) electrons. The zero-order chi connectivity index (χ0) is 31.2. The van der Waals surface area contributed by atoms with Crippen LogP contribution in [-0.4, -0.2) is 4.98 Å². The zero-order valence-electron chi connectivity index (χ0n) is 25.4. The van der Waals surface area contributed by atoms with Crippen molar-refractivity contribution >= 4 is 60.6 Å². The highest BCUT2D eigenvalue weighted by atomic mass is 32.1. The number of fused-ring (bicyclic) bond motifs is 4. The van der Waals surface area contributed by atoms with Crippen LogP contribution < -0.4 is 4.90 Å². The Morgan fingerprint density at radius 1 is 0.426 bits per heavy atom. The van der Waals surface area contributed by atoms with Crippen molar-refractivity contribution in [1.82, 2.24) is 4.98 Å². The van der Waals surface area contributed by atoms with E-state index in [1.165, 1.54) is 11.1 Å². The molecule has 0 amide bonds. The van der Waals surface area contributed by atoms with E-state index >= 15 is 0 Å². The average Bonchev–Trinajstić information content (AvgIpc) is 3.72. The lowest BCUT2D eigenvalue weighted by molar-refractivity contribution is 0.669. The van der Waals surface area contributed by atoms with Gasteiger partial charge in [0, 0.05) is 39.5 Å². The Hall–Kier alpha value is -5.97. The second-order valence-corrected chi connectivity index (χ2v) is 12.7. The molecule has 0 atom stereocenters. The van der Waals surface area contributed by atoms with Crippen LogP contribution in [0, 0.1) is 0 Å². The van der Waals surface area contributed by atoms with Crippen LogP contribution in [0.2, 0.25) is 0 Å². The van der Waals surface area contributed by atoms with Gasteiger partial charge in [-0.2, -0.15) is 0 Å². The van der Waals surface area contributed by atoms with Gasteiger partial charge >= 0.3 is 0 Å². The first-order valence-corrected chi connectivity index (χ1v) is 16.5. The maximum atomic E-state index is 6.41. The van der Waals surface area contributed by atoms with Crippen molar-refractivity contribution in [1.29, 1.82) is 0 Å². The molecule has 9 rings (SSSR count). The second-order valence-electron chi connectivity index (χ2n) is 11.6. The minimum Gasteiger partial charge on any atom is -0.456 e. The average molecular weight is 621 g/mol. The smallest absolute Gasteiger partial charge is 0.137 e. The summed E-state index contributed by atoms with van der Waals surface area (Å²) in [4.78, 5) is 7.20. The van der Waals surface area contributed by atoms with Gasteiger partial charge in [0.05, 0.1) is 10.2 Å². The Balaban J connectivity index is 1.04. The Morgan fingerprint density at radius 2 is 0.936 bits per heavy atom. The molecule has 2 aromatic heterocycles. The maximum absolute atomic E-state index is 6.41. The first-order chi connectivity index (χ1) is 23.3. The molecule has 0 aliphatic heterocycles. The summed E-state index contributed by atoms with van der Waals surface area (Å²) in [6, 6.07) is 59.7. The molecule has 0 spiro atoms. The number of hydrogen-bond acceptors (Lipinski definition) is 4. The summed E-state index contributed by atoms with van der Waals surface area (Å²) in [5.74, 6) is 0. The molecule has 0 aliphatic rings. The molecule has 4 heteroatoms. The van der Waals surface area contributed by atoms with Crippen LogP contribution in [0.15, 0.2) is 174 Å². The topological polar surface area (TPSA) is 29.3 Å². The van der Waals surface area contributed by atoms with E-state index in [9.17, 15) is 0 Å². The van der Waals surface area contributed by atoms with Gasteiger partial charge < -0.3 is 9.32 Å². The molecule has 3 nitrogen and oxygen atoms in total. The van der Waals surface area contributed by atoms with Crippen LogP contribution in [-0.2, 0) is 0 Å². The van der Waals surface area contributed by atoms with Crippen LogP contribution in [0.25, 0.3) is 65.0 Å². The number of thiazole rings is 1. The number of benzene rings is 7. The summed E-state index contributed by atoms with van der Waals surface area (Å²) in [5.41, 5.74) is 11.8. The Labute approximate surface area is 276 Å². The minimum absolute atomic E-state index is 0.863. The Bertz CT molecular complexity index is 2480. The summed E-state index contributed by atoms with van der Waals surface area (Å²) >= 11 is 1.72. The lowest BCUT2D eigenvalue weighted by atomic mass is 10.0. The van der Waals surface area contributed by atoms with E-state index in [0.717, 1.165) is 70.9 Å². The van der Waals surface area contributed by atoms with Crippen molar-refractivity contribution in [2.24, 2.45) is 0 Å². The fourth-order valence-electron chi connectivity index (χ4n) is 6.34. The van der Waals surface area contributed by atoms with Crippen LogP contribution in [0.5, 0.6) is 0 Å². The fraction of sp³-hybridized carbons (Fsp3) is 0. The van der Waals surface area contributed by atoms with E-state index in [0.29, 0.717) is 0 Å². The van der Waals surface area contributed by atoms with Crippen molar-refractivity contribution in [3.8, 4) is 32.8 Å². The van der Waals surface area contributed by atoms with E-state index in [-0.39, 0.29) is 0 Å². The molecule has 0 saturated heterocycles. The van der Waals surface area contributed by atoms with Crippen molar-refractivity contribution in [2.75, 3.05) is 4.90 Å². The fourth-order valence-corrected chi connectivity index (χ4v) is 7.33. The van der Waals surface area contributed by atoms with Gasteiger partial charge in [-0.25, -0.2) is 4.98 Å². The van der Waals surface area contributed by atoms with Gasteiger partial charge in [-0.05, 0) is 76.9 Å². The third kappa shape index (κ3) is 5.05. The molecule has 0 unspecified atom stereocenters. The zero-order valence-corrected chi connectivity index (χ0v) is 26.2. The van der Waals surface area contributed by atoms with Crippen LogP contribution in [0.1, 0.15) is 0 Å². The van der Waals surface area contributed by atoms with Gasteiger partial charge in [0.2, 0.25) is 0 Å². The predicted octanol–water partition coefficient (Wildman–Crippen LogP) is 12.7. The maximum Gasteiger partial charge on any atom is 0.137 e. The number of aromatic nitrogens is 1. The molecule has 0 aliphatic carbocycles. The van der Waals surface area contributed by atoms with Gasteiger partial charge in [0.15, 0.2) is 0 Å².